The lowest BCUT2D eigenvalue weighted by Crippen LogP contribution is -2.42. The van der Waals surface area contributed by atoms with E-state index in [4.69, 9.17) is 0 Å². The molecule has 0 atom stereocenters. The summed E-state index contributed by atoms with van der Waals surface area (Å²) in [5.74, 6) is 0. The molecule has 36 heavy (non-hydrogen) atoms. The van der Waals surface area contributed by atoms with Crippen molar-refractivity contribution in [2.24, 2.45) is 5.41 Å². The molecule has 3 heteroatoms. The Bertz CT molecular complexity index is 1530. The quantitative estimate of drug-likeness (QED) is 0.223. The van der Waals surface area contributed by atoms with E-state index in [-0.39, 0.29) is 28.3 Å². The molecule has 4 aromatic carbocycles. The Morgan fingerprint density at radius 1 is 0.639 bits per heavy atom. The molecule has 0 saturated heterocycles. The van der Waals surface area contributed by atoms with Gasteiger partial charge >= 0.3 is 0 Å². The maximum atomic E-state index is 9.58. The van der Waals surface area contributed by atoms with Crippen molar-refractivity contribution in [3.63, 3.8) is 0 Å². The van der Waals surface area contributed by atoms with Gasteiger partial charge in [0.15, 0.2) is 0 Å². The molecule has 0 saturated carbocycles. The first-order valence-electron chi connectivity index (χ1n) is 13.8. The summed E-state index contributed by atoms with van der Waals surface area (Å²) in [6.45, 7) is 13.2. The highest BCUT2D eigenvalue weighted by molar-refractivity contribution is 9.10. The fourth-order valence-corrected chi connectivity index (χ4v) is 5.90. The van der Waals surface area contributed by atoms with Crippen LogP contribution >= 0.6 is 31.9 Å². The molecule has 0 spiro atoms. The van der Waals surface area contributed by atoms with Crippen molar-refractivity contribution >= 4 is 48.9 Å². The van der Waals surface area contributed by atoms with Crippen LogP contribution in [0.25, 0.3) is 11.1 Å². The fraction of sp³-hybridized carbons (Fsp3) is 0.273. The maximum absolute atomic E-state index is 9.58. The summed E-state index contributed by atoms with van der Waals surface area (Å²) in [6, 6.07) is 24.9. The Balaban J connectivity index is 1.83. The summed E-state index contributed by atoms with van der Waals surface area (Å²) in [6.07, 6.45) is 0. The normalized spacial score (nSPS) is 18.2. The van der Waals surface area contributed by atoms with Gasteiger partial charge in [-0.2, -0.15) is 0 Å². The van der Waals surface area contributed by atoms with Gasteiger partial charge in [-0.15, -0.1) is 0 Å². The van der Waals surface area contributed by atoms with E-state index in [9.17, 15) is 4.11 Å². The minimum atomic E-state index is -0.354. The molecule has 1 nitrogen and oxygen atoms in total. The van der Waals surface area contributed by atoms with Crippen LogP contribution in [-0.2, 0) is 10.8 Å². The van der Waals surface area contributed by atoms with Crippen LogP contribution in [0.2, 0.25) is 0 Å². The molecule has 1 aliphatic carbocycles. The highest BCUT2D eigenvalue weighted by Crippen LogP contribution is 2.62. The molecular weight excluding hydrogens is 570 g/mol. The van der Waals surface area contributed by atoms with Gasteiger partial charge in [0.2, 0.25) is 0 Å². The van der Waals surface area contributed by atoms with E-state index in [1.807, 2.05) is 48.5 Å². The monoisotopic (exact) mass is 604 g/mol. The SMILES string of the molecule is [2H]c1c([2H])c2c(c([2H])c1-c1ccccc1N(c1ccc(Br)cc1)c1ccc(Br)cc1)C(C)(C)C(C)(C)C2(C)C. The first-order valence-corrected chi connectivity index (χ1v) is 13.9. The number of hydrogen-bond acceptors (Lipinski definition) is 1. The number of rotatable bonds is 4. The Morgan fingerprint density at radius 3 is 1.69 bits per heavy atom. The van der Waals surface area contributed by atoms with Gasteiger partial charge in [-0.1, -0.05) is 110 Å². The Morgan fingerprint density at radius 2 is 1.14 bits per heavy atom. The summed E-state index contributed by atoms with van der Waals surface area (Å²) in [5.41, 5.74) is 4.87. The molecule has 0 fully saturated rings. The minimum Gasteiger partial charge on any atom is -0.310 e. The number of halogens is 2. The molecular formula is C33H33Br2N. The van der Waals surface area contributed by atoms with Crippen LogP contribution in [0.4, 0.5) is 17.1 Å². The molecule has 0 heterocycles. The summed E-state index contributed by atoms with van der Waals surface area (Å²) < 4.78 is 30.0. The van der Waals surface area contributed by atoms with E-state index in [1.165, 1.54) is 0 Å². The van der Waals surface area contributed by atoms with Gasteiger partial charge in [0.25, 0.3) is 0 Å². The second-order valence-electron chi connectivity index (χ2n) is 11.2. The number of anilines is 3. The first kappa shape index (κ1) is 21.7. The van der Waals surface area contributed by atoms with Crippen LogP contribution in [0.5, 0.6) is 0 Å². The molecule has 184 valence electrons. The van der Waals surface area contributed by atoms with Gasteiger partial charge in [0, 0.05) is 25.9 Å². The fourth-order valence-electron chi connectivity index (χ4n) is 5.37. The second-order valence-corrected chi connectivity index (χ2v) is 13.0. The van der Waals surface area contributed by atoms with Crippen molar-refractivity contribution in [3.8, 4) is 11.1 Å². The van der Waals surface area contributed by atoms with Crippen LogP contribution in [0.1, 0.15) is 56.8 Å². The first-order chi connectivity index (χ1) is 18.2. The van der Waals surface area contributed by atoms with E-state index in [2.05, 4.69) is 103 Å². The third-order valence-electron chi connectivity index (χ3n) is 8.77. The molecule has 0 amide bonds. The molecule has 0 radical (unpaired) electrons. The largest absolute Gasteiger partial charge is 0.310 e. The van der Waals surface area contributed by atoms with Crippen molar-refractivity contribution < 1.29 is 4.11 Å². The van der Waals surface area contributed by atoms with E-state index in [0.29, 0.717) is 11.6 Å². The zero-order valence-corrected chi connectivity index (χ0v) is 24.8. The van der Waals surface area contributed by atoms with Crippen LogP contribution < -0.4 is 4.90 Å². The third-order valence-corrected chi connectivity index (χ3v) is 9.83. The van der Waals surface area contributed by atoms with Crippen molar-refractivity contribution in [1.82, 2.24) is 0 Å². The lowest BCUT2D eigenvalue weighted by atomic mass is 9.59. The summed E-state index contributed by atoms with van der Waals surface area (Å²) in [7, 11) is 0. The average molecular weight is 606 g/mol. The van der Waals surface area contributed by atoms with Gasteiger partial charge in [0.1, 0.15) is 0 Å². The number of fused-ring (bicyclic) bond motifs is 1. The molecule has 0 aliphatic heterocycles. The van der Waals surface area contributed by atoms with E-state index in [0.717, 1.165) is 42.7 Å². The second kappa shape index (κ2) is 8.89. The van der Waals surface area contributed by atoms with Crippen molar-refractivity contribution in [2.45, 2.75) is 52.4 Å². The molecule has 1 aliphatic rings. The highest BCUT2D eigenvalue weighted by Gasteiger charge is 2.56. The van der Waals surface area contributed by atoms with E-state index in [1.54, 1.807) is 0 Å². The summed E-state index contributed by atoms with van der Waals surface area (Å²) >= 11 is 7.11. The summed E-state index contributed by atoms with van der Waals surface area (Å²) in [4.78, 5) is 2.16. The van der Waals surface area contributed by atoms with Crippen LogP contribution in [0.15, 0.2) is 99.9 Å². The molecule has 4 aromatic rings. The predicted molar refractivity (Wildman–Crippen MR) is 162 cm³/mol. The topological polar surface area (TPSA) is 3.24 Å². The summed E-state index contributed by atoms with van der Waals surface area (Å²) in [5, 5.41) is 0. The number of benzene rings is 4. The number of nitrogens with zero attached hydrogens (tertiary/aromatic N) is 1. The smallest absolute Gasteiger partial charge is 0.0632 e. The number of hydrogen-bond donors (Lipinski definition) is 0. The average Bonchev–Trinajstić information content (AvgIpc) is 2.99. The molecule has 0 unspecified atom stereocenters. The Labute approximate surface area is 237 Å². The lowest BCUT2D eigenvalue weighted by Gasteiger charge is -2.44. The molecule has 5 rings (SSSR count). The van der Waals surface area contributed by atoms with Gasteiger partial charge in [-0.3, -0.25) is 0 Å². The van der Waals surface area contributed by atoms with Crippen molar-refractivity contribution in [2.75, 3.05) is 4.90 Å². The highest BCUT2D eigenvalue weighted by atomic mass is 79.9. The standard InChI is InChI=1S/C33H33Br2N/c1-31(2)28-20-11-22(21-29(28)32(3,4)33(31,5)6)27-9-7-8-10-30(27)36(25-16-12-23(34)13-17-25)26-18-14-24(35)15-19-26/h7-21H,1-6H3/i11D,20D,21D. The lowest BCUT2D eigenvalue weighted by molar-refractivity contribution is 0.125. The van der Waals surface area contributed by atoms with Gasteiger partial charge in [-0.05, 0) is 87.5 Å². The zero-order chi connectivity index (χ0) is 28.5. The number of para-hydroxylation sites is 1. The van der Waals surface area contributed by atoms with Crippen LogP contribution in [-0.4, -0.2) is 0 Å². The third kappa shape index (κ3) is 3.87. The predicted octanol–water partition coefficient (Wildman–Crippen LogP) is 10.9. The van der Waals surface area contributed by atoms with Crippen LogP contribution in [0.3, 0.4) is 0 Å². The Hall–Kier alpha value is -2.36. The van der Waals surface area contributed by atoms with Crippen molar-refractivity contribution in [3.05, 3.63) is 111 Å². The minimum absolute atomic E-state index is 0.110. The Kier molecular flexibility index (Phi) is 5.36. The molecule has 0 aromatic heterocycles. The van der Waals surface area contributed by atoms with Gasteiger partial charge < -0.3 is 4.90 Å². The molecule has 0 N–H and O–H groups in total. The van der Waals surface area contributed by atoms with Gasteiger partial charge in [0.05, 0.1) is 9.80 Å². The zero-order valence-electron chi connectivity index (χ0n) is 24.6. The van der Waals surface area contributed by atoms with Crippen molar-refractivity contribution in [1.29, 1.82) is 0 Å². The van der Waals surface area contributed by atoms with E-state index < -0.39 is 0 Å². The molecule has 0 bridgehead atoms. The van der Waals surface area contributed by atoms with Crippen LogP contribution in [0, 0.1) is 5.41 Å². The van der Waals surface area contributed by atoms with E-state index >= 15 is 0 Å². The van der Waals surface area contributed by atoms with Gasteiger partial charge in [-0.25, -0.2) is 0 Å². The maximum Gasteiger partial charge on any atom is 0.0632 e.